The zero-order valence-electron chi connectivity index (χ0n) is 12.6. The highest BCUT2D eigenvalue weighted by molar-refractivity contribution is 7.72. The highest BCUT2D eigenvalue weighted by Gasteiger charge is 2.50. The summed E-state index contributed by atoms with van der Waals surface area (Å²) >= 11 is 0. The number of hydrogen-bond acceptors (Lipinski definition) is 4. The Hall–Kier alpha value is -1.17. The molecule has 0 saturated heterocycles. The molecule has 0 heterocycles. The van der Waals surface area contributed by atoms with Crippen molar-refractivity contribution in [2.75, 3.05) is 13.2 Å². The minimum absolute atomic E-state index is 0.175. The first kappa shape index (κ1) is 18.9. The van der Waals surface area contributed by atoms with Crippen LogP contribution in [-0.4, -0.2) is 24.8 Å². The number of benzene rings is 1. The molecule has 1 rings (SSSR count). The average Bonchev–Trinajstić information content (AvgIpc) is 2.44. The van der Waals surface area contributed by atoms with E-state index in [-0.39, 0.29) is 13.2 Å². The molecule has 0 unspecified atom stereocenters. The molecule has 124 valence electrons. The van der Waals surface area contributed by atoms with Gasteiger partial charge in [-0.15, -0.1) is 0 Å². The van der Waals surface area contributed by atoms with Gasteiger partial charge in [-0.2, -0.15) is 13.2 Å². The lowest BCUT2D eigenvalue weighted by Crippen LogP contribution is -2.26. The lowest BCUT2D eigenvalue weighted by molar-refractivity contribution is -0.0576. The highest BCUT2D eigenvalue weighted by atomic mass is 31.2. The molecule has 0 amide bonds. The van der Waals surface area contributed by atoms with Gasteiger partial charge in [0.15, 0.2) is 0 Å². The SMILES string of the molecule is CCOP(=O)(OCC)C(=N[C@@H](C)c1ccccc1)C(F)(F)F. The maximum absolute atomic E-state index is 13.3. The van der Waals surface area contributed by atoms with Crippen LogP contribution in [0.3, 0.4) is 0 Å². The van der Waals surface area contributed by atoms with Gasteiger partial charge in [-0.3, -0.25) is 9.56 Å². The summed E-state index contributed by atoms with van der Waals surface area (Å²) in [4.78, 5) is 3.61. The van der Waals surface area contributed by atoms with Gasteiger partial charge in [-0.05, 0) is 26.3 Å². The van der Waals surface area contributed by atoms with Crippen LogP contribution in [0.1, 0.15) is 32.4 Å². The molecular formula is C14H19F3NO3P. The van der Waals surface area contributed by atoms with Crippen molar-refractivity contribution in [3.05, 3.63) is 35.9 Å². The molecule has 0 N–H and O–H groups in total. The van der Waals surface area contributed by atoms with Crippen molar-refractivity contribution in [2.45, 2.75) is 33.0 Å². The second kappa shape index (κ2) is 7.90. The molecule has 0 aliphatic rings. The van der Waals surface area contributed by atoms with E-state index in [1.165, 1.54) is 20.8 Å². The summed E-state index contributed by atoms with van der Waals surface area (Å²) in [5.74, 6) is 0. The van der Waals surface area contributed by atoms with E-state index in [2.05, 4.69) is 4.99 Å². The third-order valence-corrected chi connectivity index (χ3v) is 4.79. The minimum Gasteiger partial charge on any atom is -0.304 e. The normalized spacial score (nSPS) is 14.9. The Morgan fingerprint density at radius 1 is 1.18 bits per heavy atom. The summed E-state index contributed by atoms with van der Waals surface area (Å²) in [6.45, 7) is 4.03. The Balaban J connectivity index is 3.28. The summed E-state index contributed by atoms with van der Waals surface area (Å²) in [5, 5.41) is 0. The topological polar surface area (TPSA) is 47.9 Å². The molecule has 1 atom stereocenters. The van der Waals surface area contributed by atoms with Crippen LogP contribution in [0.5, 0.6) is 0 Å². The molecule has 0 aliphatic carbocycles. The fourth-order valence-electron chi connectivity index (χ4n) is 1.79. The first-order valence-electron chi connectivity index (χ1n) is 6.84. The van der Waals surface area contributed by atoms with E-state index in [0.29, 0.717) is 5.56 Å². The van der Waals surface area contributed by atoms with Crippen molar-refractivity contribution >= 4 is 13.0 Å². The van der Waals surface area contributed by atoms with Crippen molar-refractivity contribution in [1.82, 2.24) is 0 Å². The molecule has 0 aliphatic heterocycles. The van der Waals surface area contributed by atoms with Gasteiger partial charge in [0, 0.05) is 0 Å². The largest absolute Gasteiger partial charge is 0.441 e. The molecule has 0 aromatic heterocycles. The molecule has 0 radical (unpaired) electrons. The monoisotopic (exact) mass is 337 g/mol. The molecule has 0 bridgehead atoms. The van der Waals surface area contributed by atoms with Crippen LogP contribution >= 0.6 is 7.60 Å². The fraction of sp³-hybridized carbons (Fsp3) is 0.500. The predicted octanol–water partition coefficient (Wildman–Crippen LogP) is 4.97. The highest BCUT2D eigenvalue weighted by Crippen LogP contribution is 2.55. The van der Waals surface area contributed by atoms with Gasteiger partial charge in [0.25, 0.3) is 0 Å². The van der Waals surface area contributed by atoms with Gasteiger partial charge in [0.05, 0.1) is 19.3 Å². The summed E-state index contributed by atoms with van der Waals surface area (Å²) in [5.41, 5.74) is -0.927. The van der Waals surface area contributed by atoms with Crippen molar-refractivity contribution in [1.29, 1.82) is 0 Å². The van der Waals surface area contributed by atoms with Crippen LogP contribution < -0.4 is 0 Å². The molecule has 1 aromatic rings. The number of nitrogens with zero attached hydrogens (tertiary/aromatic N) is 1. The average molecular weight is 337 g/mol. The Morgan fingerprint density at radius 2 is 1.68 bits per heavy atom. The van der Waals surface area contributed by atoms with Crippen molar-refractivity contribution < 1.29 is 26.8 Å². The van der Waals surface area contributed by atoms with E-state index in [4.69, 9.17) is 9.05 Å². The molecule has 22 heavy (non-hydrogen) atoms. The van der Waals surface area contributed by atoms with Crippen LogP contribution in [0.2, 0.25) is 0 Å². The summed E-state index contributed by atoms with van der Waals surface area (Å²) in [7, 11) is -4.50. The molecule has 0 spiro atoms. The van der Waals surface area contributed by atoms with Gasteiger partial charge in [0.2, 0.25) is 5.45 Å². The summed E-state index contributed by atoms with van der Waals surface area (Å²) in [6.07, 6.45) is -4.90. The Bertz CT molecular complexity index is 536. The summed E-state index contributed by atoms with van der Waals surface area (Å²) in [6, 6.07) is 7.60. The van der Waals surface area contributed by atoms with Crippen LogP contribution in [0.25, 0.3) is 0 Å². The third-order valence-electron chi connectivity index (χ3n) is 2.71. The first-order chi connectivity index (χ1) is 10.2. The lowest BCUT2D eigenvalue weighted by Gasteiger charge is -2.22. The third kappa shape index (κ3) is 4.93. The Kier molecular flexibility index (Phi) is 6.78. The number of aliphatic imine (C=N–C) groups is 1. The summed E-state index contributed by atoms with van der Waals surface area (Å²) < 4.78 is 61.8. The van der Waals surface area contributed by atoms with E-state index >= 15 is 0 Å². The number of halogens is 3. The smallest absolute Gasteiger partial charge is 0.304 e. The Morgan fingerprint density at radius 3 is 2.09 bits per heavy atom. The molecule has 8 heteroatoms. The molecular weight excluding hydrogens is 318 g/mol. The molecule has 1 aromatic carbocycles. The van der Waals surface area contributed by atoms with Gasteiger partial charge < -0.3 is 9.05 Å². The lowest BCUT2D eigenvalue weighted by atomic mass is 10.1. The zero-order valence-corrected chi connectivity index (χ0v) is 13.5. The predicted molar refractivity (Wildman–Crippen MR) is 79.2 cm³/mol. The fourth-order valence-corrected chi connectivity index (χ4v) is 3.41. The van der Waals surface area contributed by atoms with Gasteiger partial charge in [-0.1, -0.05) is 30.3 Å². The van der Waals surface area contributed by atoms with Crippen molar-refractivity contribution in [3.63, 3.8) is 0 Å². The van der Waals surface area contributed by atoms with Crippen LogP contribution in [0, 0.1) is 0 Å². The second-order valence-corrected chi connectivity index (χ2v) is 6.31. The molecule has 0 saturated carbocycles. The zero-order chi connectivity index (χ0) is 16.8. The molecule has 4 nitrogen and oxygen atoms in total. The van der Waals surface area contributed by atoms with Crippen LogP contribution in [0.4, 0.5) is 13.2 Å². The number of rotatable bonds is 7. The van der Waals surface area contributed by atoms with E-state index in [9.17, 15) is 17.7 Å². The van der Waals surface area contributed by atoms with Gasteiger partial charge in [-0.25, -0.2) is 0 Å². The van der Waals surface area contributed by atoms with Crippen molar-refractivity contribution in [2.24, 2.45) is 4.99 Å². The number of hydrogen-bond donors (Lipinski definition) is 0. The van der Waals surface area contributed by atoms with E-state index in [1.807, 2.05) is 0 Å². The maximum atomic E-state index is 13.3. The van der Waals surface area contributed by atoms with Gasteiger partial charge in [0.1, 0.15) is 0 Å². The molecule has 0 fully saturated rings. The maximum Gasteiger partial charge on any atom is 0.441 e. The quantitative estimate of drug-likeness (QED) is 0.521. The minimum atomic E-state index is -4.90. The Labute approximate surface area is 127 Å². The van der Waals surface area contributed by atoms with E-state index < -0.39 is 25.3 Å². The van der Waals surface area contributed by atoms with Gasteiger partial charge >= 0.3 is 13.8 Å². The van der Waals surface area contributed by atoms with E-state index in [0.717, 1.165) is 0 Å². The van der Waals surface area contributed by atoms with Crippen molar-refractivity contribution in [3.8, 4) is 0 Å². The number of alkyl halides is 3. The van der Waals surface area contributed by atoms with E-state index in [1.54, 1.807) is 30.3 Å². The van der Waals surface area contributed by atoms with Crippen LogP contribution in [-0.2, 0) is 13.6 Å². The van der Waals surface area contributed by atoms with Crippen LogP contribution in [0.15, 0.2) is 35.3 Å². The first-order valence-corrected chi connectivity index (χ1v) is 8.38. The standard InChI is InChI=1S/C14H19F3NO3P/c1-4-20-22(19,21-5-2)13(14(15,16)17)18-11(3)12-9-7-6-8-10-12/h6-11H,4-5H2,1-3H3/t11-/m0/s1. The second-order valence-electron chi connectivity index (χ2n) is 4.37.